The highest BCUT2D eigenvalue weighted by Crippen LogP contribution is 2.26. The highest BCUT2D eigenvalue weighted by molar-refractivity contribution is 7.88. The first-order valence-corrected chi connectivity index (χ1v) is 9.66. The Kier molecular flexibility index (Phi) is 5.06. The van der Waals surface area contributed by atoms with Gasteiger partial charge < -0.3 is 4.74 Å². The Morgan fingerprint density at radius 1 is 1.20 bits per heavy atom. The largest absolute Gasteiger partial charge is 0.493 e. The van der Waals surface area contributed by atoms with Crippen LogP contribution in [-0.2, 0) is 28.6 Å². The van der Waals surface area contributed by atoms with Gasteiger partial charge in [-0.15, -0.1) is 0 Å². The summed E-state index contributed by atoms with van der Waals surface area (Å²) in [6.07, 6.45) is 1.35. The fraction of sp³-hybridized carbons (Fsp3) is 0.333. The van der Waals surface area contributed by atoms with Gasteiger partial charge in [-0.05, 0) is 48.7 Å². The highest BCUT2D eigenvalue weighted by Gasteiger charge is 2.19. The third kappa shape index (κ3) is 4.55. The lowest BCUT2D eigenvalue weighted by molar-refractivity contribution is 0.357. The second kappa shape index (κ2) is 7.09. The maximum absolute atomic E-state index is 13.6. The average Bonchev–Trinajstić information content (AvgIpc) is 2.97. The van der Waals surface area contributed by atoms with Gasteiger partial charge in [-0.3, -0.25) is 0 Å². The summed E-state index contributed by atoms with van der Waals surface area (Å²) in [6.45, 7) is 2.41. The van der Waals surface area contributed by atoms with Gasteiger partial charge in [-0.25, -0.2) is 21.9 Å². The van der Waals surface area contributed by atoms with Gasteiger partial charge in [0.15, 0.2) is 0 Å². The van der Waals surface area contributed by atoms with Gasteiger partial charge in [0.2, 0.25) is 10.0 Å². The molecular formula is C18H19F2NO3S. The van der Waals surface area contributed by atoms with Crippen LogP contribution in [0.25, 0.3) is 0 Å². The number of hydrogen-bond acceptors (Lipinski definition) is 3. The molecule has 2 aromatic carbocycles. The fourth-order valence-electron chi connectivity index (χ4n) is 2.97. The third-order valence-electron chi connectivity index (χ3n) is 4.03. The number of halogens is 2. The molecule has 7 heteroatoms. The summed E-state index contributed by atoms with van der Waals surface area (Å²) in [5.41, 5.74) is 1.93. The van der Waals surface area contributed by atoms with E-state index in [4.69, 9.17) is 4.74 Å². The minimum absolute atomic E-state index is 0.186. The molecule has 0 saturated heterocycles. The molecule has 25 heavy (non-hydrogen) atoms. The molecule has 3 rings (SSSR count). The number of benzene rings is 2. The van der Waals surface area contributed by atoms with Crippen molar-refractivity contribution in [2.75, 3.05) is 6.61 Å². The molecule has 0 spiro atoms. The molecule has 1 unspecified atom stereocenters. The molecule has 0 radical (unpaired) electrons. The molecule has 1 aliphatic heterocycles. The second-order valence-electron chi connectivity index (χ2n) is 6.26. The average molecular weight is 367 g/mol. The summed E-state index contributed by atoms with van der Waals surface area (Å²) in [5.74, 6) is -1.13. The molecule has 134 valence electrons. The molecule has 0 saturated carbocycles. The van der Waals surface area contributed by atoms with Crippen LogP contribution in [0, 0.1) is 11.6 Å². The van der Waals surface area contributed by atoms with Crippen LogP contribution in [0.3, 0.4) is 0 Å². The highest BCUT2D eigenvalue weighted by atomic mass is 32.2. The molecule has 0 aromatic heterocycles. The number of fused-ring (bicyclic) bond motifs is 1. The Morgan fingerprint density at radius 3 is 2.80 bits per heavy atom. The number of nitrogens with one attached hydrogen (secondary N) is 1. The molecule has 0 aliphatic carbocycles. The van der Waals surface area contributed by atoms with E-state index in [1.165, 1.54) is 0 Å². The fourth-order valence-corrected chi connectivity index (χ4v) is 4.38. The van der Waals surface area contributed by atoms with Gasteiger partial charge in [-0.1, -0.05) is 12.1 Å². The SMILES string of the molecule is CC(Cc1ccc2c(c1)CCO2)NS(=O)(=O)Cc1cc(F)ccc1F. The van der Waals surface area contributed by atoms with Crippen LogP contribution < -0.4 is 9.46 Å². The number of sulfonamides is 1. The van der Waals surface area contributed by atoms with Gasteiger partial charge in [0, 0.05) is 18.0 Å². The summed E-state index contributed by atoms with van der Waals surface area (Å²) in [4.78, 5) is 0. The van der Waals surface area contributed by atoms with Crippen molar-refractivity contribution in [3.8, 4) is 5.75 Å². The molecule has 2 aromatic rings. The zero-order valence-electron chi connectivity index (χ0n) is 13.8. The number of rotatable bonds is 6. The minimum Gasteiger partial charge on any atom is -0.493 e. The Labute approximate surface area is 145 Å². The molecule has 4 nitrogen and oxygen atoms in total. The first kappa shape index (κ1) is 17.8. The van der Waals surface area contributed by atoms with E-state index in [1.54, 1.807) is 6.92 Å². The zero-order chi connectivity index (χ0) is 18.0. The summed E-state index contributed by atoms with van der Waals surface area (Å²) >= 11 is 0. The maximum atomic E-state index is 13.6. The summed E-state index contributed by atoms with van der Waals surface area (Å²) < 4.78 is 59.3. The molecule has 0 fully saturated rings. The van der Waals surface area contributed by atoms with E-state index >= 15 is 0 Å². The predicted octanol–water partition coefficient (Wildman–Crippen LogP) is 2.95. The van der Waals surface area contributed by atoms with Crippen LogP contribution in [0.5, 0.6) is 5.75 Å². The van der Waals surface area contributed by atoms with Crippen LogP contribution in [0.15, 0.2) is 36.4 Å². The quantitative estimate of drug-likeness (QED) is 0.854. The topological polar surface area (TPSA) is 55.4 Å². The van der Waals surface area contributed by atoms with Crippen LogP contribution >= 0.6 is 0 Å². The van der Waals surface area contributed by atoms with Crippen molar-refractivity contribution >= 4 is 10.0 Å². The molecule has 1 N–H and O–H groups in total. The smallest absolute Gasteiger partial charge is 0.216 e. The molecule has 0 amide bonds. The monoisotopic (exact) mass is 367 g/mol. The van der Waals surface area contributed by atoms with Crippen LogP contribution in [0.1, 0.15) is 23.6 Å². The van der Waals surface area contributed by atoms with Crippen molar-refractivity contribution in [2.45, 2.75) is 31.6 Å². The van der Waals surface area contributed by atoms with Gasteiger partial charge in [0.1, 0.15) is 17.4 Å². The van der Waals surface area contributed by atoms with E-state index in [1.807, 2.05) is 18.2 Å². The lowest BCUT2D eigenvalue weighted by Gasteiger charge is -2.15. The minimum atomic E-state index is -3.79. The molecule has 1 atom stereocenters. The molecule has 1 heterocycles. The van der Waals surface area contributed by atoms with Crippen molar-refractivity contribution in [1.82, 2.24) is 4.72 Å². The maximum Gasteiger partial charge on any atom is 0.216 e. The number of hydrogen-bond donors (Lipinski definition) is 1. The molecule has 1 aliphatic rings. The lowest BCUT2D eigenvalue weighted by atomic mass is 10.0. The van der Waals surface area contributed by atoms with Gasteiger partial charge in [0.05, 0.1) is 12.4 Å². The predicted molar refractivity (Wildman–Crippen MR) is 90.9 cm³/mol. The third-order valence-corrected chi connectivity index (χ3v) is 5.48. The zero-order valence-corrected chi connectivity index (χ0v) is 14.6. The van der Waals surface area contributed by atoms with E-state index in [-0.39, 0.29) is 11.6 Å². The van der Waals surface area contributed by atoms with Gasteiger partial charge >= 0.3 is 0 Å². The first-order valence-electron chi connectivity index (χ1n) is 8.01. The van der Waals surface area contributed by atoms with Crippen molar-refractivity contribution in [3.05, 3.63) is 64.7 Å². The normalized spacial score (nSPS) is 14.8. The Morgan fingerprint density at radius 2 is 2.00 bits per heavy atom. The Balaban J connectivity index is 1.65. The lowest BCUT2D eigenvalue weighted by Crippen LogP contribution is -2.35. The summed E-state index contributed by atoms with van der Waals surface area (Å²) in [5, 5.41) is 0. The van der Waals surface area contributed by atoms with E-state index < -0.39 is 27.4 Å². The van der Waals surface area contributed by atoms with E-state index in [9.17, 15) is 17.2 Å². The Bertz CT molecular complexity index is 884. The number of ether oxygens (including phenoxy) is 1. The van der Waals surface area contributed by atoms with Crippen molar-refractivity contribution in [1.29, 1.82) is 0 Å². The van der Waals surface area contributed by atoms with Crippen molar-refractivity contribution in [3.63, 3.8) is 0 Å². The summed E-state index contributed by atoms with van der Waals surface area (Å²) in [6, 6.07) is 8.22. The van der Waals surface area contributed by atoms with Crippen LogP contribution in [0.2, 0.25) is 0 Å². The standard InChI is InChI=1S/C18H19F2NO3S/c1-12(8-13-2-5-18-14(9-13)6-7-24-18)21-25(22,23)11-15-10-16(19)3-4-17(15)20/h2-5,9-10,12,21H,6-8,11H2,1H3. The Hall–Kier alpha value is -1.99. The summed E-state index contributed by atoms with van der Waals surface area (Å²) in [7, 11) is -3.79. The van der Waals surface area contributed by atoms with E-state index in [0.717, 1.165) is 41.5 Å². The molecular weight excluding hydrogens is 348 g/mol. The van der Waals surface area contributed by atoms with Gasteiger partial charge in [0.25, 0.3) is 0 Å². The van der Waals surface area contributed by atoms with Crippen molar-refractivity contribution in [2.24, 2.45) is 0 Å². The van der Waals surface area contributed by atoms with Crippen molar-refractivity contribution < 1.29 is 21.9 Å². The second-order valence-corrected chi connectivity index (χ2v) is 8.01. The van der Waals surface area contributed by atoms with E-state index in [2.05, 4.69) is 4.72 Å². The van der Waals surface area contributed by atoms with Crippen LogP contribution in [0.4, 0.5) is 8.78 Å². The first-order chi connectivity index (χ1) is 11.8. The van der Waals surface area contributed by atoms with E-state index in [0.29, 0.717) is 13.0 Å². The van der Waals surface area contributed by atoms with Crippen LogP contribution in [-0.4, -0.2) is 21.1 Å². The van der Waals surface area contributed by atoms with Gasteiger partial charge in [-0.2, -0.15) is 0 Å². The molecule has 0 bridgehead atoms.